The second-order valence-corrected chi connectivity index (χ2v) is 4.76. The maximum Gasteiger partial charge on any atom is 0.126 e. The third-order valence-electron chi connectivity index (χ3n) is 3.29. The van der Waals surface area contributed by atoms with Gasteiger partial charge in [0, 0.05) is 12.2 Å². The molecule has 1 aromatic rings. The van der Waals surface area contributed by atoms with E-state index in [1.165, 1.54) is 6.42 Å². The van der Waals surface area contributed by atoms with E-state index >= 15 is 0 Å². The number of pyridine rings is 1. The molecule has 0 bridgehead atoms. The molecule has 1 atom stereocenters. The summed E-state index contributed by atoms with van der Waals surface area (Å²) in [5.41, 5.74) is 0.597. The van der Waals surface area contributed by atoms with Crippen LogP contribution in [0.25, 0.3) is 0 Å². The Labute approximate surface area is 116 Å². The number of aromatic nitrogens is 1. The van der Waals surface area contributed by atoms with Crippen molar-refractivity contribution in [2.24, 2.45) is 0 Å². The molecule has 0 aliphatic carbocycles. The van der Waals surface area contributed by atoms with E-state index in [-0.39, 0.29) is 0 Å². The molecule has 0 saturated carbocycles. The zero-order valence-electron chi connectivity index (χ0n) is 12.2. The van der Waals surface area contributed by atoms with Gasteiger partial charge in [-0.15, -0.1) is 0 Å². The molecule has 0 aliphatic rings. The topological polar surface area (TPSA) is 52.0 Å². The molecule has 0 spiro atoms. The van der Waals surface area contributed by atoms with Gasteiger partial charge < -0.3 is 10.2 Å². The average molecular weight is 260 g/mol. The highest BCUT2D eigenvalue weighted by molar-refractivity contribution is 5.39. The van der Waals surface area contributed by atoms with Gasteiger partial charge in [0.05, 0.1) is 5.56 Å². The Hall–Kier alpha value is -1.60. The first-order valence-electron chi connectivity index (χ1n) is 7.04. The zero-order chi connectivity index (χ0) is 14.1. The molecular weight excluding hydrogens is 236 g/mol. The first kappa shape index (κ1) is 15.5. The van der Waals surface area contributed by atoms with E-state index < -0.39 is 0 Å². The van der Waals surface area contributed by atoms with Crippen molar-refractivity contribution >= 4 is 5.82 Å². The summed E-state index contributed by atoms with van der Waals surface area (Å²) in [6.45, 7) is 9.96. The van der Waals surface area contributed by atoms with Crippen LogP contribution < -0.4 is 5.32 Å². The van der Waals surface area contributed by atoms with E-state index in [1.54, 1.807) is 12.3 Å². The van der Waals surface area contributed by atoms with Crippen LogP contribution in [0.1, 0.15) is 39.2 Å². The highest BCUT2D eigenvalue weighted by atomic mass is 15.1. The standard InChI is InChI=1S/C15H24N4/c1-4-19(5-2)10-6-7-13(3)18-15-9-8-14(11-16)12-17-15/h8-9,12-13H,4-7,10H2,1-3H3,(H,17,18). The molecule has 19 heavy (non-hydrogen) atoms. The number of hydrogen-bond donors (Lipinski definition) is 1. The van der Waals surface area contributed by atoms with Gasteiger partial charge in [0.15, 0.2) is 0 Å². The molecule has 104 valence electrons. The minimum atomic E-state index is 0.399. The molecule has 1 aromatic heterocycles. The van der Waals surface area contributed by atoms with E-state index in [1.807, 2.05) is 6.07 Å². The predicted octanol–water partition coefficient (Wildman–Crippen LogP) is 2.88. The number of anilines is 1. The number of nitriles is 1. The van der Waals surface area contributed by atoms with Gasteiger partial charge in [-0.25, -0.2) is 4.98 Å². The van der Waals surface area contributed by atoms with Crippen LogP contribution in [0.2, 0.25) is 0 Å². The van der Waals surface area contributed by atoms with Gasteiger partial charge in [0.25, 0.3) is 0 Å². The maximum absolute atomic E-state index is 8.71. The van der Waals surface area contributed by atoms with E-state index in [4.69, 9.17) is 5.26 Å². The maximum atomic E-state index is 8.71. The van der Waals surface area contributed by atoms with Crippen molar-refractivity contribution in [3.05, 3.63) is 23.9 Å². The molecule has 0 amide bonds. The molecule has 0 radical (unpaired) electrons. The molecule has 1 heterocycles. The summed E-state index contributed by atoms with van der Waals surface area (Å²) in [4.78, 5) is 6.66. The minimum Gasteiger partial charge on any atom is -0.368 e. The summed E-state index contributed by atoms with van der Waals surface area (Å²) in [6.07, 6.45) is 3.91. The molecule has 4 heteroatoms. The van der Waals surface area contributed by atoms with Crippen LogP contribution in [0.15, 0.2) is 18.3 Å². The summed E-state index contributed by atoms with van der Waals surface area (Å²) in [5.74, 6) is 0.842. The molecule has 4 nitrogen and oxygen atoms in total. The minimum absolute atomic E-state index is 0.399. The van der Waals surface area contributed by atoms with Crippen LogP contribution in [0.3, 0.4) is 0 Å². The van der Waals surface area contributed by atoms with Gasteiger partial charge in [0.2, 0.25) is 0 Å². The largest absolute Gasteiger partial charge is 0.368 e. The second kappa shape index (κ2) is 8.49. The van der Waals surface area contributed by atoms with Crippen molar-refractivity contribution in [2.75, 3.05) is 25.0 Å². The lowest BCUT2D eigenvalue weighted by atomic mass is 10.1. The molecule has 0 aromatic carbocycles. The first-order chi connectivity index (χ1) is 9.19. The van der Waals surface area contributed by atoms with Crippen molar-refractivity contribution in [3.63, 3.8) is 0 Å². The molecule has 0 fully saturated rings. The van der Waals surface area contributed by atoms with Crippen LogP contribution >= 0.6 is 0 Å². The Bertz CT molecular complexity index is 390. The Morgan fingerprint density at radius 1 is 1.37 bits per heavy atom. The lowest BCUT2D eigenvalue weighted by Crippen LogP contribution is -2.25. The fourth-order valence-electron chi connectivity index (χ4n) is 2.03. The smallest absolute Gasteiger partial charge is 0.126 e. The van der Waals surface area contributed by atoms with E-state index in [0.717, 1.165) is 31.9 Å². The van der Waals surface area contributed by atoms with Gasteiger partial charge in [-0.1, -0.05) is 13.8 Å². The number of nitrogens with zero attached hydrogens (tertiary/aromatic N) is 3. The van der Waals surface area contributed by atoms with Crippen molar-refractivity contribution in [3.8, 4) is 6.07 Å². The monoisotopic (exact) mass is 260 g/mol. The lowest BCUT2D eigenvalue weighted by Gasteiger charge is -2.20. The fraction of sp³-hybridized carbons (Fsp3) is 0.600. The van der Waals surface area contributed by atoms with Crippen molar-refractivity contribution in [1.29, 1.82) is 5.26 Å². The Morgan fingerprint density at radius 3 is 2.63 bits per heavy atom. The first-order valence-corrected chi connectivity index (χ1v) is 7.04. The van der Waals surface area contributed by atoms with Gasteiger partial charge in [0.1, 0.15) is 11.9 Å². The Balaban J connectivity index is 2.30. The number of hydrogen-bond acceptors (Lipinski definition) is 4. The quantitative estimate of drug-likeness (QED) is 0.781. The summed E-state index contributed by atoms with van der Waals surface area (Å²) in [7, 11) is 0. The Kier molecular flexibility index (Phi) is 6.91. The second-order valence-electron chi connectivity index (χ2n) is 4.76. The average Bonchev–Trinajstić information content (AvgIpc) is 2.44. The predicted molar refractivity (Wildman–Crippen MR) is 79.1 cm³/mol. The normalized spacial score (nSPS) is 12.2. The molecule has 0 aliphatic heterocycles. The Morgan fingerprint density at radius 2 is 2.11 bits per heavy atom. The van der Waals surface area contributed by atoms with Gasteiger partial charge in [-0.05, 0) is 51.5 Å². The van der Waals surface area contributed by atoms with Crippen LogP contribution in [-0.2, 0) is 0 Å². The van der Waals surface area contributed by atoms with Crippen LogP contribution in [-0.4, -0.2) is 35.6 Å². The van der Waals surface area contributed by atoms with E-state index in [9.17, 15) is 0 Å². The summed E-state index contributed by atoms with van der Waals surface area (Å²) in [6, 6.07) is 6.12. The van der Waals surface area contributed by atoms with Crippen molar-refractivity contribution < 1.29 is 0 Å². The molecule has 1 rings (SSSR count). The van der Waals surface area contributed by atoms with Crippen molar-refractivity contribution in [1.82, 2.24) is 9.88 Å². The third-order valence-corrected chi connectivity index (χ3v) is 3.29. The third kappa shape index (κ3) is 5.71. The number of nitrogens with one attached hydrogen (secondary N) is 1. The summed E-state index contributed by atoms with van der Waals surface area (Å²) >= 11 is 0. The molecule has 0 saturated heterocycles. The van der Waals surface area contributed by atoms with Gasteiger partial charge in [-0.2, -0.15) is 5.26 Å². The SMILES string of the molecule is CCN(CC)CCCC(C)Nc1ccc(C#N)cn1. The highest BCUT2D eigenvalue weighted by Gasteiger charge is 2.05. The molecule has 1 unspecified atom stereocenters. The lowest BCUT2D eigenvalue weighted by molar-refractivity contribution is 0.295. The zero-order valence-corrected chi connectivity index (χ0v) is 12.2. The van der Waals surface area contributed by atoms with Crippen LogP contribution in [0.5, 0.6) is 0 Å². The van der Waals surface area contributed by atoms with Gasteiger partial charge in [-0.3, -0.25) is 0 Å². The van der Waals surface area contributed by atoms with E-state index in [0.29, 0.717) is 11.6 Å². The molecule has 1 N–H and O–H groups in total. The summed E-state index contributed by atoms with van der Waals surface area (Å²) < 4.78 is 0. The fourth-order valence-corrected chi connectivity index (χ4v) is 2.03. The number of rotatable bonds is 8. The summed E-state index contributed by atoms with van der Waals surface area (Å²) in [5, 5.41) is 12.1. The van der Waals surface area contributed by atoms with Crippen LogP contribution in [0, 0.1) is 11.3 Å². The van der Waals surface area contributed by atoms with Crippen LogP contribution in [0.4, 0.5) is 5.82 Å². The van der Waals surface area contributed by atoms with E-state index in [2.05, 4.69) is 42.0 Å². The van der Waals surface area contributed by atoms with Crippen molar-refractivity contribution in [2.45, 2.75) is 39.7 Å². The highest BCUT2D eigenvalue weighted by Crippen LogP contribution is 2.09. The molecular formula is C15H24N4. The van der Waals surface area contributed by atoms with Gasteiger partial charge >= 0.3 is 0 Å².